The molecule has 1 aromatic heterocycles. The molecule has 0 radical (unpaired) electrons. The Bertz CT molecular complexity index is 1130. The van der Waals surface area contributed by atoms with E-state index in [0.29, 0.717) is 22.5 Å². The molecule has 142 valence electrons. The van der Waals surface area contributed by atoms with E-state index in [-0.39, 0.29) is 18.1 Å². The third-order valence-corrected chi connectivity index (χ3v) is 4.88. The quantitative estimate of drug-likeness (QED) is 0.419. The highest BCUT2D eigenvalue weighted by Gasteiger charge is 2.15. The van der Waals surface area contributed by atoms with Gasteiger partial charge in [-0.3, -0.25) is 4.79 Å². The summed E-state index contributed by atoms with van der Waals surface area (Å²) < 4.78 is 7.65. The lowest BCUT2D eigenvalue weighted by atomic mass is 10.1. The van der Waals surface area contributed by atoms with Crippen LogP contribution in [0.5, 0.6) is 5.75 Å². The summed E-state index contributed by atoms with van der Waals surface area (Å²) in [5, 5.41) is 4.97. The van der Waals surface area contributed by atoms with Gasteiger partial charge in [0, 0.05) is 10.4 Å². The number of fused-ring (bicyclic) bond motifs is 1. The first kappa shape index (κ1) is 19.8. The minimum atomic E-state index is -0.197. The van der Waals surface area contributed by atoms with Crippen molar-refractivity contribution in [2.24, 2.45) is 5.10 Å². The molecule has 6 heteroatoms. The molecule has 0 saturated carbocycles. The van der Waals surface area contributed by atoms with Crippen LogP contribution in [0.25, 0.3) is 10.9 Å². The number of aromatic nitrogens is 2. The van der Waals surface area contributed by atoms with Gasteiger partial charge < -0.3 is 4.74 Å². The summed E-state index contributed by atoms with van der Waals surface area (Å²) in [7, 11) is 0. The fraction of sp³-hybridized carbons (Fsp3) is 0.227. The third-order valence-electron chi connectivity index (χ3n) is 4.39. The highest BCUT2D eigenvalue weighted by atomic mass is 79.9. The van der Waals surface area contributed by atoms with E-state index in [2.05, 4.69) is 33.9 Å². The van der Waals surface area contributed by atoms with Crippen molar-refractivity contribution in [1.82, 2.24) is 9.66 Å². The first-order valence-electron chi connectivity index (χ1n) is 8.96. The van der Waals surface area contributed by atoms with E-state index in [9.17, 15) is 4.79 Å². The maximum Gasteiger partial charge on any atom is 0.282 e. The lowest BCUT2D eigenvalue weighted by molar-refractivity contribution is 0.370. The maximum atomic E-state index is 13.1. The molecule has 3 aromatic rings. The van der Waals surface area contributed by atoms with Gasteiger partial charge in [-0.2, -0.15) is 9.78 Å². The molecule has 3 rings (SSSR count). The van der Waals surface area contributed by atoms with Gasteiger partial charge in [0.2, 0.25) is 0 Å². The molecule has 0 N–H and O–H groups in total. The zero-order valence-corrected chi connectivity index (χ0v) is 17.3. The smallest absolute Gasteiger partial charge is 0.282 e. The molecule has 1 heterocycles. The van der Waals surface area contributed by atoms with Gasteiger partial charge in [0.25, 0.3) is 5.56 Å². The fourth-order valence-electron chi connectivity index (χ4n) is 2.71. The summed E-state index contributed by atoms with van der Waals surface area (Å²) in [4.78, 5) is 17.8. The summed E-state index contributed by atoms with van der Waals surface area (Å²) in [5.74, 6) is 3.81. The summed E-state index contributed by atoms with van der Waals surface area (Å²) in [6, 6.07) is 12.9. The van der Waals surface area contributed by atoms with Crippen molar-refractivity contribution in [3.8, 4) is 18.1 Å². The van der Waals surface area contributed by atoms with Crippen LogP contribution in [-0.2, 0) is 0 Å². The van der Waals surface area contributed by atoms with E-state index in [4.69, 9.17) is 16.1 Å². The summed E-state index contributed by atoms with van der Waals surface area (Å²) in [5.41, 5.74) is 1.27. The van der Waals surface area contributed by atoms with Crippen molar-refractivity contribution in [3.05, 3.63) is 68.7 Å². The monoisotopic (exact) mass is 437 g/mol. The molecule has 0 unspecified atom stereocenters. The second-order valence-corrected chi connectivity index (χ2v) is 7.28. The Labute approximate surface area is 172 Å². The number of rotatable bonds is 6. The molecule has 2 aromatic carbocycles. The second kappa shape index (κ2) is 8.85. The van der Waals surface area contributed by atoms with Crippen LogP contribution in [0.3, 0.4) is 0 Å². The molecule has 0 saturated heterocycles. The Kier molecular flexibility index (Phi) is 6.27. The van der Waals surface area contributed by atoms with Crippen molar-refractivity contribution in [1.29, 1.82) is 0 Å². The second-order valence-electron chi connectivity index (χ2n) is 6.37. The van der Waals surface area contributed by atoms with Crippen molar-refractivity contribution >= 4 is 33.0 Å². The first-order chi connectivity index (χ1) is 13.5. The molecule has 0 aliphatic rings. The van der Waals surface area contributed by atoms with E-state index < -0.39 is 0 Å². The van der Waals surface area contributed by atoms with E-state index in [1.807, 2.05) is 43.3 Å². The van der Waals surface area contributed by atoms with Crippen LogP contribution in [0.1, 0.15) is 37.6 Å². The topological polar surface area (TPSA) is 56.5 Å². The molecule has 1 atom stereocenters. The van der Waals surface area contributed by atoms with Crippen molar-refractivity contribution in [2.45, 2.75) is 26.2 Å². The van der Waals surface area contributed by atoms with E-state index >= 15 is 0 Å². The molecular weight excluding hydrogens is 418 g/mol. The zero-order chi connectivity index (χ0) is 20.1. The fourth-order valence-corrected chi connectivity index (χ4v) is 3.07. The van der Waals surface area contributed by atoms with Crippen molar-refractivity contribution in [2.75, 3.05) is 6.61 Å². The van der Waals surface area contributed by atoms with Crippen molar-refractivity contribution < 1.29 is 4.74 Å². The zero-order valence-electron chi connectivity index (χ0n) is 15.7. The minimum absolute atomic E-state index is 0.0863. The molecule has 28 heavy (non-hydrogen) atoms. The highest BCUT2D eigenvalue weighted by Crippen LogP contribution is 2.21. The lowest BCUT2D eigenvalue weighted by Crippen LogP contribution is -2.23. The van der Waals surface area contributed by atoms with Crippen molar-refractivity contribution in [3.63, 3.8) is 0 Å². The number of ether oxygens (including phenoxy) is 1. The number of halogens is 1. The van der Waals surface area contributed by atoms with Gasteiger partial charge in [-0.05, 0) is 42.3 Å². The molecule has 5 nitrogen and oxygen atoms in total. The lowest BCUT2D eigenvalue weighted by Gasteiger charge is -2.14. The minimum Gasteiger partial charge on any atom is -0.481 e. The van der Waals surface area contributed by atoms with Crippen LogP contribution in [0.2, 0.25) is 0 Å². The average Bonchev–Trinajstić information content (AvgIpc) is 2.71. The molecule has 0 bridgehead atoms. The Balaban J connectivity index is 2.08. The van der Waals surface area contributed by atoms with E-state index in [1.165, 1.54) is 4.68 Å². The van der Waals surface area contributed by atoms with Gasteiger partial charge in [0.15, 0.2) is 0 Å². The predicted molar refractivity (Wildman–Crippen MR) is 116 cm³/mol. The van der Waals surface area contributed by atoms with Gasteiger partial charge in [0.1, 0.15) is 18.2 Å². The molecule has 0 aliphatic heterocycles. The maximum absolute atomic E-state index is 13.1. The number of hydrogen-bond acceptors (Lipinski definition) is 4. The van der Waals surface area contributed by atoms with Crippen LogP contribution in [-0.4, -0.2) is 22.5 Å². The highest BCUT2D eigenvalue weighted by molar-refractivity contribution is 9.10. The predicted octanol–water partition coefficient (Wildman–Crippen LogP) is 4.57. The first-order valence-corrected chi connectivity index (χ1v) is 9.75. The van der Waals surface area contributed by atoms with Gasteiger partial charge >= 0.3 is 0 Å². The average molecular weight is 438 g/mol. The van der Waals surface area contributed by atoms with Gasteiger partial charge in [-0.25, -0.2) is 4.98 Å². The number of terminal acetylenes is 1. The van der Waals surface area contributed by atoms with Gasteiger partial charge in [0.05, 0.1) is 17.1 Å². The summed E-state index contributed by atoms with van der Waals surface area (Å²) >= 11 is 3.41. The Morgan fingerprint density at radius 3 is 2.93 bits per heavy atom. The summed E-state index contributed by atoms with van der Waals surface area (Å²) in [6.07, 6.45) is 7.70. The van der Waals surface area contributed by atoms with E-state index in [0.717, 1.165) is 16.5 Å². The van der Waals surface area contributed by atoms with Crippen LogP contribution in [0.15, 0.2) is 56.8 Å². The molecule has 0 amide bonds. The Morgan fingerprint density at radius 1 is 1.36 bits per heavy atom. The number of hydrogen-bond donors (Lipinski definition) is 0. The SMILES string of the molecule is C#CCOc1cccc(C=Nn2c([C@@H](C)CC)nc3ccc(Br)cc3c2=O)c1. The normalized spacial score (nSPS) is 12.2. The Hall–Kier alpha value is -2.91. The van der Waals surface area contributed by atoms with Crippen LogP contribution in [0.4, 0.5) is 0 Å². The van der Waals surface area contributed by atoms with Crippen LogP contribution in [0, 0.1) is 12.3 Å². The Morgan fingerprint density at radius 2 is 2.18 bits per heavy atom. The molecule has 0 fully saturated rings. The third kappa shape index (κ3) is 4.32. The summed E-state index contributed by atoms with van der Waals surface area (Å²) in [6.45, 7) is 4.29. The van der Waals surface area contributed by atoms with Gasteiger partial charge in [-0.15, -0.1) is 6.42 Å². The molecule has 0 aliphatic carbocycles. The van der Waals surface area contributed by atoms with Crippen LogP contribution < -0.4 is 10.3 Å². The van der Waals surface area contributed by atoms with Crippen LogP contribution >= 0.6 is 15.9 Å². The molecule has 0 spiro atoms. The number of benzene rings is 2. The largest absolute Gasteiger partial charge is 0.481 e. The standard InChI is InChI=1S/C22H20BrN3O2/c1-4-11-28-18-8-6-7-16(12-18)14-24-26-21(15(3)5-2)25-20-10-9-17(23)13-19(20)22(26)27/h1,6-10,12-15H,5,11H2,2-3H3/t15-/m0/s1. The van der Waals surface area contributed by atoms with E-state index in [1.54, 1.807) is 12.3 Å². The van der Waals surface area contributed by atoms with Gasteiger partial charge in [-0.1, -0.05) is 47.8 Å². The number of nitrogens with zero attached hydrogens (tertiary/aromatic N) is 3. The molecular formula is C22H20BrN3O2.